The van der Waals surface area contributed by atoms with Crippen LogP contribution >= 0.6 is 23.4 Å². The van der Waals surface area contributed by atoms with E-state index in [1.165, 1.54) is 4.90 Å². The van der Waals surface area contributed by atoms with E-state index >= 15 is 0 Å². The Kier molecular flexibility index (Phi) is 7.80. The molecule has 9 heteroatoms. The summed E-state index contributed by atoms with van der Waals surface area (Å²) in [5, 5.41) is 14.2. The number of fused-ring (bicyclic) bond motifs is 1. The van der Waals surface area contributed by atoms with E-state index in [1.807, 2.05) is 30.5 Å². The first-order valence-corrected chi connectivity index (χ1v) is 12.3. The van der Waals surface area contributed by atoms with Gasteiger partial charge in [-0.15, -0.1) is 11.8 Å². The normalized spacial score (nSPS) is 20.0. The first-order chi connectivity index (χ1) is 15.5. The molecule has 2 aliphatic rings. The molecule has 0 aliphatic carbocycles. The number of nitrogens with zero attached hydrogens (tertiary/aromatic N) is 2. The third-order valence-electron chi connectivity index (χ3n) is 5.67. The third kappa shape index (κ3) is 6.08. The Bertz CT molecular complexity index is 922. The molecule has 7 nitrogen and oxygen atoms in total. The van der Waals surface area contributed by atoms with E-state index in [0.717, 1.165) is 31.9 Å². The summed E-state index contributed by atoms with van der Waals surface area (Å²) >= 11 is 7.70. The van der Waals surface area contributed by atoms with Crippen LogP contribution in [-0.2, 0) is 4.79 Å². The number of halogens is 1. The van der Waals surface area contributed by atoms with Gasteiger partial charge in [0.25, 0.3) is 0 Å². The number of hydrogen-bond acceptors (Lipinski definition) is 7. The summed E-state index contributed by atoms with van der Waals surface area (Å²) in [5.41, 5.74) is 0.812. The minimum absolute atomic E-state index is 0.0135. The highest BCUT2D eigenvalue weighted by atomic mass is 35.5. The van der Waals surface area contributed by atoms with Gasteiger partial charge in [-0.05, 0) is 42.7 Å². The van der Waals surface area contributed by atoms with Crippen molar-refractivity contribution in [1.29, 1.82) is 0 Å². The number of hydrogen-bond donors (Lipinski definition) is 2. The summed E-state index contributed by atoms with van der Waals surface area (Å²) in [6.45, 7) is 4.25. The van der Waals surface area contributed by atoms with Gasteiger partial charge >= 0.3 is 0 Å². The minimum Gasteiger partial charge on any atom is -0.486 e. The van der Waals surface area contributed by atoms with Crippen LogP contribution in [0.4, 0.5) is 5.69 Å². The number of rotatable bonds is 7. The Hall–Kier alpha value is -1.97. The summed E-state index contributed by atoms with van der Waals surface area (Å²) in [6.07, 6.45) is 0.903. The molecule has 2 aromatic rings. The van der Waals surface area contributed by atoms with E-state index in [4.69, 9.17) is 21.1 Å². The molecule has 2 aromatic carbocycles. The summed E-state index contributed by atoms with van der Waals surface area (Å²) in [5.74, 6) is 1.19. The number of thioether (sulfide) groups is 1. The topological polar surface area (TPSA) is 74.3 Å². The highest BCUT2D eigenvalue weighted by molar-refractivity contribution is 7.98. The predicted molar refractivity (Wildman–Crippen MR) is 127 cm³/mol. The fourth-order valence-electron chi connectivity index (χ4n) is 3.84. The lowest BCUT2D eigenvalue weighted by Crippen LogP contribution is -2.53. The zero-order valence-electron chi connectivity index (χ0n) is 18.0. The molecule has 1 fully saturated rings. The maximum Gasteiger partial charge on any atom is 0.238 e. The summed E-state index contributed by atoms with van der Waals surface area (Å²) in [7, 11) is 0. The summed E-state index contributed by atoms with van der Waals surface area (Å²) in [4.78, 5) is 17.9. The molecule has 0 spiro atoms. The molecule has 32 heavy (non-hydrogen) atoms. The first-order valence-electron chi connectivity index (χ1n) is 10.7. The molecule has 2 heterocycles. The van der Waals surface area contributed by atoms with E-state index in [0.29, 0.717) is 36.2 Å². The van der Waals surface area contributed by atoms with E-state index in [2.05, 4.69) is 15.1 Å². The van der Waals surface area contributed by atoms with Crippen LogP contribution in [0.3, 0.4) is 0 Å². The number of carbonyl (C=O) groups excluding carboxylic acids is 1. The maximum absolute atomic E-state index is 12.4. The van der Waals surface area contributed by atoms with Crippen LogP contribution in [0.25, 0.3) is 0 Å². The van der Waals surface area contributed by atoms with Crippen LogP contribution in [0.2, 0.25) is 5.02 Å². The second-order valence-electron chi connectivity index (χ2n) is 7.98. The Morgan fingerprint density at radius 1 is 1.16 bits per heavy atom. The van der Waals surface area contributed by atoms with Gasteiger partial charge in [-0.1, -0.05) is 11.6 Å². The average molecular weight is 478 g/mol. The Morgan fingerprint density at radius 2 is 1.88 bits per heavy atom. The Morgan fingerprint density at radius 3 is 2.59 bits per heavy atom. The van der Waals surface area contributed by atoms with E-state index in [-0.39, 0.29) is 5.91 Å². The van der Waals surface area contributed by atoms with Crippen LogP contribution in [0.5, 0.6) is 11.5 Å². The molecule has 4 rings (SSSR count). The van der Waals surface area contributed by atoms with E-state index in [1.54, 1.807) is 30.0 Å². The molecule has 172 valence electrons. The highest BCUT2D eigenvalue weighted by Gasteiger charge is 2.30. The van der Waals surface area contributed by atoms with E-state index in [9.17, 15) is 9.90 Å². The van der Waals surface area contributed by atoms with Gasteiger partial charge < -0.3 is 19.9 Å². The predicted octanol–water partition coefficient (Wildman–Crippen LogP) is 2.82. The molecule has 0 bridgehead atoms. The molecule has 0 saturated carbocycles. The number of carbonyl (C=O) groups is 1. The summed E-state index contributed by atoms with van der Waals surface area (Å²) < 4.78 is 11.6. The number of benzene rings is 2. The SMILES string of the molecule is CSc1ccc(NC(=O)CN2CCN(CC(O)C3COc4ccc(Cl)cc4O3)CC2)cc1. The van der Waals surface area contributed by atoms with Gasteiger partial charge in [-0.25, -0.2) is 0 Å². The van der Waals surface area contributed by atoms with Crippen molar-refractivity contribution in [1.82, 2.24) is 9.80 Å². The van der Waals surface area contributed by atoms with Crippen molar-refractivity contribution >= 4 is 35.0 Å². The van der Waals surface area contributed by atoms with Gasteiger partial charge in [-0.3, -0.25) is 14.6 Å². The van der Waals surface area contributed by atoms with Crippen molar-refractivity contribution in [3.8, 4) is 11.5 Å². The van der Waals surface area contributed by atoms with Crippen molar-refractivity contribution in [2.75, 3.05) is 57.4 Å². The zero-order chi connectivity index (χ0) is 22.5. The molecular weight excluding hydrogens is 450 g/mol. The molecule has 2 unspecified atom stereocenters. The van der Waals surface area contributed by atoms with Crippen LogP contribution in [0, 0.1) is 0 Å². The third-order valence-corrected chi connectivity index (χ3v) is 6.65. The Balaban J connectivity index is 1.19. The first kappa shape index (κ1) is 23.2. The quantitative estimate of drug-likeness (QED) is 0.594. The number of β-amino-alcohol motifs (C(OH)–C–C–N with tert-alkyl or cyclic N) is 1. The van der Waals surface area contributed by atoms with Crippen LogP contribution in [0.15, 0.2) is 47.4 Å². The molecule has 1 amide bonds. The number of aliphatic hydroxyl groups is 1. The largest absolute Gasteiger partial charge is 0.486 e. The standard InChI is InChI=1S/C23H28ClN3O4S/c1-32-18-5-3-17(4-6-18)25-23(29)14-27-10-8-26(9-11-27)13-19(28)22-15-30-20-7-2-16(24)12-21(20)31-22/h2-7,12,19,22,28H,8-11,13-15H2,1H3,(H,25,29). The minimum atomic E-state index is -0.679. The van der Waals surface area contributed by atoms with Crippen molar-refractivity contribution in [2.45, 2.75) is 17.1 Å². The zero-order valence-corrected chi connectivity index (χ0v) is 19.6. The van der Waals surface area contributed by atoms with Crippen molar-refractivity contribution in [3.05, 3.63) is 47.5 Å². The van der Waals surface area contributed by atoms with Crippen molar-refractivity contribution < 1.29 is 19.4 Å². The van der Waals surface area contributed by atoms with Gasteiger partial charge in [0.15, 0.2) is 17.6 Å². The lowest BCUT2D eigenvalue weighted by atomic mass is 10.1. The lowest BCUT2D eigenvalue weighted by Gasteiger charge is -2.37. The number of ether oxygens (including phenoxy) is 2. The molecule has 2 N–H and O–H groups in total. The van der Waals surface area contributed by atoms with Crippen LogP contribution in [0.1, 0.15) is 0 Å². The van der Waals surface area contributed by atoms with Gasteiger partial charge in [-0.2, -0.15) is 0 Å². The number of piperazine rings is 1. The van der Waals surface area contributed by atoms with Gasteiger partial charge in [0.2, 0.25) is 5.91 Å². The number of anilines is 1. The van der Waals surface area contributed by atoms with Gasteiger partial charge in [0.05, 0.1) is 6.54 Å². The molecule has 1 saturated heterocycles. The second kappa shape index (κ2) is 10.8. The Labute approximate surface area is 197 Å². The molecule has 2 aliphatic heterocycles. The van der Waals surface area contributed by atoms with Crippen molar-refractivity contribution in [2.24, 2.45) is 0 Å². The van der Waals surface area contributed by atoms with Gasteiger partial charge in [0.1, 0.15) is 12.7 Å². The fourth-order valence-corrected chi connectivity index (χ4v) is 4.41. The van der Waals surface area contributed by atoms with E-state index < -0.39 is 12.2 Å². The highest BCUT2D eigenvalue weighted by Crippen LogP contribution is 2.34. The smallest absolute Gasteiger partial charge is 0.238 e. The molecule has 2 atom stereocenters. The lowest BCUT2D eigenvalue weighted by molar-refractivity contribution is -0.117. The summed E-state index contributed by atoms with van der Waals surface area (Å²) in [6, 6.07) is 13.1. The fraction of sp³-hybridized carbons (Fsp3) is 0.435. The number of aliphatic hydroxyl groups excluding tert-OH is 1. The van der Waals surface area contributed by atoms with Crippen molar-refractivity contribution in [3.63, 3.8) is 0 Å². The molecule has 0 radical (unpaired) electrons. The number of amides is 1. The van der Waals surface area contributed by atoms with Gasteiger partial charge in [0, 0.05) is 54.4 Å². The number of nitrogens with one attached hydrogen (secondary N) is 1. The second-order valence-corrected chi connectivity index (χ2v) is 9.30. The maximum atomic E-state index is 12.4. The monoisotopic (exact) mass is 477 g/mol. The molecular formula is C23H28ClN3O4S. The van der Waals surface area contributed by atoms with Crippen LogP contribution in [-0.4, -0.2) is 85.2 Å². The average Bonchev–Trinajstić information content (AvgIpc) is 2.80. The molecule has 0 aromatic heterocycles. The van der Waals surface area contributed by atoms with Crippen LogP contribution < -0.4 is 14.8 Å².